The van der Waals surface area contributed by atoms with E-state index < -0.39 is 0 Å². The zero-order chi connectivity index (χ0) is 14.4. The van der Waals surface area contributed by atoms with Gasteiger partial charge in [-0.05, 0) is 49.9 Å². The third-order valence-corrected chi connectivity index (χ3v) is 3.50. The molecule has 108 valence electrons. The summed E-state index contributed by atoms with van der Waals surface area (Å²) in [7, 11) is 1.70. The van der Waals surface area contributed by atoms with Crippen molar-refractivity contribution < 1.29 is 9.47 Å². The van der Waals surface area contributed by atoms with Crippen molar-refractivity contribution in [2.24, 2.45) is 5.73 Å². The first kappa shape index (κ1) is 16.0. The average Bonchev–Trinajstić information content (AvgIpc) is 2.40. The van der Waals surface area contributed by atoms with Crippen LogP contribution in [0, 0.1) is 13.8 Å². The van der Waals surface area contributed by atoms with Crippen molar-refractivity contribution in [3.05, 3.63) is 28.8 Å². The van der Waals surface area contributed by atoms with Crippen LogP contribution in [0.3, 0.4) is 0 Å². The second-order valence-electron chi connectivity index (χ2n) is 4.99. The summed E-state index contributed by atoms with van der Waals surface area (Å²) in [6, 6.07) is 4.10. The predicted octanol–water partition coefficient (Wildman–Crippen LogP) is 3.52. The molecule has 0 fully saturated rings. The maximum Gasteiger partial charge on any atom is 0.122 e. The molecule has 1 aromatic carbocycles. The molecule has 1 rings (SSSR count). The number of methoxy groups -OCH3 is 1. The second-order valence-corrected chi connectivity index (χ2v) is 4.99. The van der Waals surface area contributed by atoms with E-state index >= 15 is 0 Å². The summed E-state index contributed by atoms with van der Waals surface area (Å²) in [4.78, 5) is 0. The molecule has 0 aliphatic heterocycles. The van der Waals surface area contributed by atoms with Crippen LogP contribution in [0.2, 0.25) is 0 Å². The number of hydrogen-bond donors (Lipinski definition) is 1. The standard InChI is InChI=1S/C16H27NO2/c1-6-8-14(19-7-2)16(17)13-9-12(4)15(18-5)10-11(13)3/h9-10,14,16H,6-8,17H2,1-5H3. The summed E-state index contributed by atoms with van der Waals surface area (Å²) >= 11 is 0. The molecule has 0 saturated heterocycles. The normalized spacial score (nSPS) is 14.2. The summed E-state index contributed by atoms with van der Waals surface area (Å²) in [6.07, 6.45) is 2.15. The summed E-state index contributed by atoms with van der Waals surface area (Å²) in [5.41, 5.74) is 9.84. The van der Waals surface area contributed by atoms with Crippen LogP contribution in [0.25, 0.3) is 0 Å². The molecular formula is C16H27NO2. The predicted molar refractivity (Wildman–Crippen MR) is 79.7 cm³/mol. The third-order valence-electron chi connectivity index (χ3n) is 3.50. The molecule has 0 saturated carbocycles. The van der Waals surface area contributed by atoms with Gasteiger partial charge in [0, 0.05) is 6.61 Å². The lowest BCUT2D eigenvalue weighted by Crippen LogP contribution is -2.29. The smallest absolute Gasteiger partial charge is 0.122 e. The molecule has 2 unspecified atom stereocenters. The Morgan fingerprint density at radius 1 is 1.16 bits per heavy atom. The van der Waals surface area contributed by atoms with Gasteiger partial charge in [0.1, 0.15) is 5.75 Å². The van der Waals surface area contributed by atoms with Crippen LogP contribution in [0.1, 0.15) is 49.4 Å². The number of hydrogen-bond acceptors (Lipinski definition) is 3. The Labute approximate surface area is 117 Å². The lowest BCUT2D eigenvalue weighted by Gasteiger charge is -2.26. The molecule has 0 heterocycles. The first-order valence-corrected chi connectivity index (χ1v) is 7.07. The van der Waals surface area contributed by atoms with E-state index in [1.807, 2.05) is 13.8 Å². The van der Waals surface area contributed by atoms with Gasteiger partial charge < -0.3 is 15.2 Å². The van der Waals surface area contributed by atoms with Crippen molar-refractivity contribution in [2.75, 3.05) is 13.7 Å². The third kappa shape index (κ3) is 3.95. The monoisotopic (exact) mass is 265 g/mol. The molecule has 0 aliphatic rings. The van der Waals surface area contributed by atoms with Crippen molar-refractivity contribution >= 4 is 0 Å². The minimum absolute atomic E-state index is 0.0792. The summed E-state index contributed by atoms with van der Waals surface area (Å²) < 4.78 is 11.1. The average molecular weight is 265 g/mol. The van der Waals surface area contributed by atoms with Crippen LogP contribution >= 0.6 is 0 Å². The van der Waals surface area contributed by atoms with Crippen molar-refractivity contribution in [2.45, 2.75) is 52.7 Å². The fourth-order valence-corrected chi connectivity index (χ4v) is 2.46. The molecule has 2 atom stereocenters. The quantitative estimate of drug-likeness (QED) is 0.820. The Morgan fingerprint density at radius 3 is 2.37 bits per heavy atom. The molecule has 0 aromatic heterocycles. The number of nitrogens with two attached hydrogens (primary N) is 1. The molecule has 3 nitrogen and oxygen atoms in total. The molecule has 2 N–H and O–H groups in total. The van der Waals surface area contributed by atoms with Gasteiger partial charge in [0.15, 0.2) is 0 Å². The van der Waals surface area contributed by atoms with E-state index in [-0.39, 0.29) is 12.1 Å². The van der Waals surface area contributed by atoms with E-state index in [4.69, 9.17) is 15.2 Å². The van der Waals surface area contributed by atoms with E-state index in [1.54, 1.807) is 7.11 Å². The van der Waals surface area contributed by atoms with Gasteiger partial charge >= 0.3 is 0 Å². The number of rotatable bonds is 7. The van der Waals surface area contributed by atoms with E-state index in [2.05, 4.69) is 26.0 Å². The van der Waals surface area contributed by atoms with Gasteiger partial charge in [-0.3, -0.25) is 0 Å². The zero-order valence-electron chi connectivity index (χ0n) is 12.8. The highest BCUT2D eigenvalue weighted by molar-refractivity contribution is 5.43. The first-order valence-electron chi connectivity index (χ1n) is 7.07. The van der Waals surface area contributed by atoms with Gasteiger partial charge in [0.25, 0.3) is 0 Å². The first-order chi connectivity index (χ1) is 9.04. The summed E-state index contributed by atoms with van der Waals surface area (Å²) in [6.45, 7) is 9.00. The highest BCUT2D eigenvalue weighted by Crippen LogP contribution is 2.29. The number of ether oxygens (including phenoxy) is 2. The molecule has 0 spiro atoms. The van der Waals surface area contributed by atoms with Gasteiger partial charge in [-0.25, -0.2) is 0 Å². The van der Waals surface area contributed by atoms with Crippen molar-refractivity contribution in [1.82, 2.24) is 0 Å². The SMILES string of the molecule is CCCC(OCC)C(N)c1cc(C)c(OC)cc1C. The Bertz CT molecular complexity index is 398. The van der Waals surface area contributed by atoms with Gasteiger partial charge in [0.2, 0.25) is 0 Å². The zero-order valence-corrected chi connectivity index (χ0v) is 12.8. The topological polar surface area (TPSA) is 44.5 Å². The summed E-state index contributed by atoms with van der Waals surface area (Å²) in [5, 5.41) is 0. The van der Waals surface area contributed by atoms with E-state index in [9.17, 15) is 0 Å². The lowest BCUT2D eigenvalue weighted by molar-refractivity contribution is 0.0373. The van der Waals surface area contributed by atoms with Crippen LogP contribution in [0.5, 0.6) is 5.75 Å². The minimum atomic E-state index is -0.0792. The van der Waals surface area contributed by atoms with Crippen LogP contribution in [-0.2, 0) is 4.74 Å². The largest absolute Gasteiger partial charge is 0.496 e. The molecule has 19 heavy (non-hydrogen) atoms. The van der Waals surface area contributed by atoms with Gasteiger partial charge in [0.05, 0.1) is 19.3 Å². The van der Waals surface area contributed by atoms with Gasteiger partial charge in [-0.1, -0.05) is 19.4 Å². The second kappa shape index (κ2) is 7.51. The van der Waals surface area contributed by atoms with E-state index in [0.29, 0.717) is 6.61 Å². The van der Waals surface area contributed by atoms with E-state index in [1.165, 1.54) is 0 Å². The van der Waals surface area contributed by atoms with Crippen LogP contribution in [-0.4, -0.2) is 19.8 Å². The van der Waals surface area contributed by atoms with Crippen LogP contribution < -0.4 is 10.5 Å². The van der Waals surface area contributed by atoms with Crippen molar-refractivity contribution in [3.8, 4) is 5.75 Å². The number of aryl methyl sites for hydroxylation is 2. The van der Waals surface area contributed by atoms with E-state index in [0.717, 1.165) is 35.3 Å². The van der Waals surface area contributed by atoms with Crippen molar-refractivity contribution in [1.29, 1.82) is 0 Å². The molecule has 1 aromatic rings. The lowest BCUT2D eigenvalue weighted by atomic mass is 9.93. The van der Waals surface area contributed by atoms with Crippen LogP contribution in [0.15, 0.2) is 12.1 Å². The maximum absolute atomic E-state index is 6.41. The Hall–Kier alpha value is -1.06. The van der Waals surface area contributed by atoms with Crippen molar-refractivity contribution in [3.63, 3.8) is 0 Å². The molecule has 3 heteroatoms. The fraction of sp³-hybridized carbons (Fsp3) is 0.625. The molecular weight excluding hydrogens is 238 g/mol. The molecule has 0 aliphatic carbocycles. The number of benzene rings is 1. The fourth-order valence-electron chi connectivity index (χ4n) is 2.46. The Kier molecular flexibility index (Phi) is 6.32. The Balaban J connectivity index is 3.03. The Morgan fingerprint density at radius 2 is 1.84 bits per heavy atom. The highest BCUT2D eigenvalue weighted by atomic mass is 16.5. The molecule has 0 amide bonds. The molecule has 0 bridgehead atoms. The maximum atomic E-state index is 6.41. The summed E-state index contributed by atoms with van der Waals surface area (Å²) in [5.74, 6) is 0.914. The highest BCUT2D eigenvalue weighted by Gasteiger charge is 2.21. The van der Waals surface area contributed by atoms with Crippen LogP contribution in [0.4, 0.5) is 0 Å². The minimum Gasteiger partial charge on any atom is -0.496 e. The van der Waals surface area contributed by atoms with Gasteiger partial charge in [-0.2, -0.15) is 0 Å². The van der Waals surface area contributed by atoms with Gasteiger partial charge in [-0.15, -0.1) is 0 Å². The molecule has 0 radical (unpaired) electrons.